The van der Waals surface area contributed by atoms with Gasteiger partial charge in [0.1, 0.15) is 28.0 Å². The highest BCUT2D eigenvalue weighted by atomic mass is 35.5. The van der Waals surface area contributed by atoms with E-state index in [-0.39, 0.29) is 28.2 Å². The molecular weight excluding hydrogens is 517 g/mol. The van der Waals surface area contributed by atoms with Crippen LogP contribution in [0, 0.1) is 5.82 Å². The number of hydrogen-bond acceptors (Lipinski definition) is 8. The van der Waals surface area contributed by atoms with E-state index in [4.69, 9.17) is 21.1 Å². The smallest absolute Gasteiger partial charge is 0.269 e. The number of nitrogens with zero attached hydrogens (tertiary/aromatic N) is 2. The molecule has 0 unspecified atom stereocenters. The van der Waals surface area contributed by atoms with E-state index in [2.05, 4.69) is 10.3 Å². The third-order valence-corrected chi connectivity index (χ3v) is 8.03. The fourth-order valence-electron chi connectivity index (χ4n) is 3.27. The normalized spacial score (nSPS) is 11.2. The van der Waals surface area contributed by atoms with Crippen molar-refractivity contribution in [2.24, 2.45) is 0 Å². The van der Waals surface area contributed by atoms with Gasteiger partial charge < -0.3 is 19.6 Å². The number of anilines is 2. The molecule has 0 spiro atoms. The van der Waals surface area contributed by atoms with Gasteiger partial charge in [-0.3, -0.25) is 0 Å². The van der Waals surface area contributed by atoms with Gasteiger partial charge in [0.05, 0.1) is 31.5 Å². The number of rotatable bonds is 12. The number of benzene rings is 2. The molecule has 35 heavy (non-hydrogen) atoms. The minimum absolute atomic E-state index is 0.0360. The van der Waals surface area contributed by atoms with Crippen LogP contribution < -0.4 is 19.1 Å². The minimum Gasteiger partial charge on any atom is -0.497 e. The van der Waals surface area contributed by atoms with E-state index in [1.807, 2.05) is 0 Å². The number of carbonyl (C=O) groups excluding carboxylic acids is 1. The molecule has 0 aliphatic heterocycles. The second-order valence-electron chi connectivity index (χ2n) is 7.50. The van der Waals surface area contributed by atoms with E-state index in [0.717, 1.165) is 27.8 Å². The lowest BCUT2D eigenvalue weighted by Crippen LogP contribution is -2.31. The van der Waals surface area contributed by atoms with Gasteiger partial charge in [-0.2, -0.15) is 0 Å². The molecule has 2 aromatic carbocycles. The van der Waals surface area contributed by atoms with Gasteiger partial charge in [-0.1, -0.05) is 11.6 Å². The van der Waals surface area contributed by atoms with Crippen molar-refractivity contribution in [2.45, 2.75) is 31.2 Å². The summed E-state index contributed by atoms with van der Waals surface area (Å²) in [5.74, 6) is 0.0243. The van der Waals surface area contributed by atoms with Gasteiger partial charge in [-0.15, -0.1) is 11.3 Å². The third kappa shape index (κ3) is 6.41. The van der Waals surface area contributed by atoms with Crippen LogP contribution in [-0.2, 0) is 21.4 Å². The molecule has 0 bridgehead atoms. The molecule has 0 aliphatic rings. The molecule has 8 nitrogen and oxygen atoms in total. The van der Waals surface area contributed by atoms with Crippen LogP contribution in [0.25, 0.3) is 0 Å². The first-order chi connectivity index (χ1) is 16.7. The van der Waals surface area contributed by atoms with E-state index < -0.39 is 20.7 Å². The number of halogens is 2. The maximum Gasteiger partial charge on any atom is 0.269 e. The van der Waals surface area contributed by atoms with E-state index >= 15 is 4.39 Å². The average Bonchev–Trinajstić information content (AvgIpc) is 3.36. The first kappa shape index (κ1) is 26.7. The number of ether oxygens (including phenoxy) is 2. The summed E-state index contributed by atoms with van der Waals surface area (Å²) in [7, 11) is -1.44. The molecule has 0 amide bonds. The van der Waals surface area contributed by atoms with Crippen LogP contribution in [0.1, 0.15) is 25.3 Å². The number of sulfonamides is 1. The summed E-state index contributed by atoms with van der Waals surface area (Å²) in [4.78, 5) is 14.6. The molecule has 188 valence electrons. The standard InChI is InChI=1S/C23H25ClFN3O5S2/c1-15(29)5-4-8-26-20-13-19(25)22(12-18(20)24)35(30,31)28(23-27-9-10-34-23)14-16-6-7-17(32-2)11-21(16)33-3/h6-7,9-13,26H,4-5,8,14H2,1-3H3. The summed E-state index contributed by atoms with van der Waals surface area (Å²) in [5, 5.41) is 4.76. The van der Waals surface area contributed by atoms with Crippen LogP contribution in [0.5, 0.6) is 11.5 Å². The zero-order valence-corrected chi connectivity index (χ0v) is 21.8. The minimum atomic E-state index is -4.41. The Morgan fingerprint density at radius 2 is 2.00 bits per heavy atom. The van der Waals surface area contributed by atoms with Gasteiger partial charge in [-0.05, 0) is 37.6 Å². The Labute approximate surface area is 212 Å². The number of hydrogen-bond donors (Lipinski definition) is 1. The summed E-state index contributed by atoms with van der Waals surface area (Å²) < 4.78 is 54.0. The van der Waals surface area contributed by atoms with Crippen LogP contribution in [0.4, 0.5) is 15.2 Å². The van der Waals surface area contributed by atoms with Crippen molar-refractivity contribution in [3.63, 3.8) is 0 Å². The van der Waals surface area contributed by atoms with Crippen molar-refractivity contribution in [1.29, 1.82) is 0 Å². The predicted octanol–water partition coefficient (Wildman–Crippen LogP) is 5.13. The molecule has 12 heteroatoms. The predicted molar refractivity (Wildman–Crippen MR) is 135 cm³/mol. The first-order valence-electron chi connectivity index (χ1n) is 10.5. The molecule has 0 saturated carbocycles. The fourth-order valence-corrected chi connectivity index (χ4v) is 5.91. The van der Waals surface area contributed by atoms with Crippen LogP contribution in [0.15, 0.2) is 46.8 Å². The topological polar surface area (TPSA) is 97.8 Å². The van der Waals surface area contributed by atoms with Gasteiger partial charge in [0, 0.05) is 36.2 Å². The average molecular weight is 542 g/mol. The van der Waals surface area contributed by atoms with Crippen LogP contribution in [-0.4, -0.2) is 39.9 Å². The van der Waals surface area contributed by atoms with Crippen molar-refractivity contribution < 1.29 is 27.1 Å². The highest BCUT2D eigenvalue weighted by Crippen LogP contribution is 2.35. The Hall–Kier alpha value is -2.89. The van der Waals surface area contributed by atoms with Crippen LogP contribution >= 0.6 is 22.9 Å². The molecule has 1 heterocycles. The maximum absolute atomic E-state index is 15.1. The molecule has 0 radical (unpaired) electrons. The fraction of sp³-hybridized carbons (Fsp3) is 0.304. The summed E-state index contributed by atoms with van der Waals surface area (Å²) >= 11 is 7.39. The van der Waals surface area contributed by atoms with Gasteiger partial charge in [0.25, 0.3) is 10.0 Å². The van der Waals surface area contributed by atoms with Crippen LogP contribution in [0.3, 0.4) is 0 Å². The summed E-state index contributed by atoms with van der Waals surface area (Å²) in [5.41, 5.74) is 0.770. The Morgan fingerprint density at radius 1 is 1.23 bits per heavy atom. The molecule has 3 aromatic rings. The Balaban J connectivity index is 1.96. The SMILES string of the molecule is COc1ccc(CN(c2nccs2)S(=O)(=O)c2cc(Cl)c(NCCCC(C)=O)cc2F)c(OC)c1. The molecule has 0 saturated heterocycles. The second kappa shape index (κ2) is 11.7. The zero-order chi connectivity index (χ0) is 25.6. The van der Waals surface area contributed by atoms with Gasteiger partial charge >= 0.3 is 0 Å². The summed E-state index contributed by atoms with van der Waals surface area (Å²) in [6.45, 7) is 1.71. The molecular formula is C23H25ClFN3O5S2. The summed E-state index contributed by atoms with van der Waals surface area (Å²) in [6, 6.07) is 7.09. The number of Topliss-reactive ketones (excluding diaryl/α,β-unsaturated/α-hetero) is 1. The first-order valence-corrected chi connectivity index (χ1v) is 13.2. The van der Waals surface area contributed by atoms with Gasteiger partial charge in [-0.25, -0.2) is 22.1 Å². The largest absolute Gasteiger partial charge is 0.497 e. The molecule has 3 rings (SSSR count). The maximum atomic E-state index is 15.1. The van der Waals surface area contributed by atoms with Crippen molar-refractivity contribution in [2.75, 3.05) is 30.4 Å². The Bertz CT molecular complexity index is 1290. The summed E-state index contributed by atoms with van der Waals surface area (Å²) in [6.07, 6.45) is 2.37. The quantitative estimate of drug-likeness (QED) is 0.317. The number of thiazole rings is 1. The lowest BCUT2D eigenvalue weighted by atomic mass is 10.2. The lowest BCUT2D eigenvalue weighted by Gasteiger charge is -2.23. The monoisotopic (exact) mass is 541 g/mol. The van der Waals surface area contributed by atoms with Crippen molar-refractivity contribution in [3.8, 4) is 11.5 Å². The third-order valence-electron chi connectivity index (χ3n) is 5.05. The van der Waals surface area contributed by atoms with Crippen LogP contribution in [0.2, 0.25) is 5.02 Å². The highest BCUT2D eigenvalue weighted by Gasteiger charge is 2.31. The van der Waals surface area contributed by atoms with E-state index in [0.29, 0.717) is 36.4 Å². The van der Waals surface area contributed by atoms with E-state index in [9.17, 15) is 13.2 Å². The van der Waals surface area contributed by atoms with Gasteiger partial charge in [0.2, 0.25) is 0 Å². The van der Waals surface area contributed by atoms with Crippen molar-refractivity contribution in [3.05, 3.63) is 58.3 Å². The zero-order valence-electron chi connectivity index (χ0n) is 19.4. The number of methoxy groups -OCH3 is 2. The Morgan fingerprint density at radius 3 is 2.63 bits per heavy atom. The second-order valence-corrected chi connectivity index (χ2v) is 10.6. The molecule has 0 aliphatic carbocycles. The number of aromatic nitrogens is 1. The molecule has 0 atom stereocenters. The lowest BCUT2D eigenvalue weighted by molar-refractivity contribution is -0.117. The van der Waals surface area contributed by atoms with Gasteiger partial charge in [0.15, 0.2) is 5.13 Å². The molecule has 1 N–H and O–H groups in total. The van der Waals surface area contributed by atoms with Crippen molar-refractivity contribution >= 4 is 49.6 Å². The molecule has 1 aromatic heterocycles. The van der Waals surface area contributed by atoms with E-state index in [1.165, 1.54) is 27.3 Å². The van der Waals surface area contributed by atoms with E-state index in [1.54, 1.807) is 23.6 Å². The number of nitrogens with one attached hydrogen (secondary N) is 1. The Kier molecular flexibility index (Phi) is 8.92. The highest BCUT2D eigenvalue weighted by molar-refractivity contribution is 7.93. The van der Waals surface area contributed by atoms with Crippen molar-refractivity contribution in [1.82, 2.24) is 4.98 Å². The number of carbonyl (C=O) groups is 1. The molecule has 0 fully saturated rings. The number of ketones is 1.